The monoisotopic (exact) mass is 349 g/mol. The largest absolute Gasteiger partial charge is 0.492 e. The van der Waals surface area contributed by atoms with E-state index >= 15 is 0 Å². The van der Waals surface area contributed by atoms with Gasteiger partial charge in [0.15, 0.2) is 0 Å². The Balaban J connectivity index is 2.18. The summed E-state index contributed by atoms with van der Waals surface area (Å²) in [5.74, 6) is 0.340. The number of nitrogens with one attached hydrogen (secondary N) is 1. The number of ether oxygens (including phenoxy) is 1. The number of anilines is 2. The van der Waals surface area contributed by atoms with Gasteiger partial charge in [-0.25, -0.2) is 4.98 Å². The first-order valence-electron chi connectivity index (χ1n) is 6.48. The number of hydrogen-bond donors (Lipinski definition) is 2. The van der Waals surface area contributed by atoms with Crippen LogP contribution in [-0.4, -0.2) is 17.5 Å². The molecule has 1 aromatic carbocycles. The summed E-state index contributed by atoms with van der Waals surface area (Å²) < 4.78 is 6.08. The van der Waals surface area contributed by atoms with Crippen molar-refractivity contribution in [1.82, 2.24) is 4.98 Å². The van der Waals surface area contributed by atoms with Gasteiger partial charge in [-0.2, -0.15) is 0 Å². The standard InChI is InChI=1S/C15H16BrN3O2/c1-3-21-13-6-4-10(8-11(13)17)15(20)19-12-5-7-14(16)18-9(12)2/h4-8H,3,17H2,1-2H3,(H,19,20). The highest BCUT2D eigenvalue weighted by Gasteiger charge is 2.11. The van der Waals surface area contributed by atoms with E-state index < -0.39 is 0 Å². The summed E-state index contributed by atoms with van der Waals surface area (Å²) >= 11 is 3.29. The molecule has 0 saturated carbocycles. The van der Waals surface area contributed by atoms with Gasteiger partial charge in [-0.15, -0.1) is 0 Å². The lowest BCUT2D eigenvalue weighted by molar-refractivity contribution is 0.102. The van der Waals surface area contributed by atoms with E-state index in [1.54, 1.807) is 30.3 Å². The van der Waals surface area contributed by atoms with Gasteiger partial charge in [-0.1, -0.05) is 0 Å². The Hall–Kier alpha value is -2.08. The minimum atomic E-state index is -0.239. The van der Waals surface area contributed by atoms with Gasteiger partial charge in [0.05, 0.1) is 23.7 Å². The highest BCUT2D eigenvalue weighted by molar-refractivity contribution is 9.10. The highest BCUT2D eigenvalue weighted by atomic mass is 79.9. The maximum absolute atomic E-state index is 12.2. The first kappa shape index (κ1) is 15.3. The molecule has 0 radical (unpaired) electrons. The van der Waals surface area contributed by atoms with E-state index in [0.717, 1.165) is 10.3 Å². The SMILES string of the molecule is CCOc1ccc(C(=O)Nc2ccc(Br)nc2C)cc1N. The number of hydrogen-bond acceptors (Lipinski definition) is 4. The molecule has 2 aromatic rings. The minimum Gasteiger partial charge on any atom is -0.492 e. The van der Waals surface area contributed by atoms with E-state index in [1.165, 1.54) is 0 Å². The molecule has 0 aliphatic carbocycles. The molecule has 0 aliphatic heterocycles. The van der Waals surface area contributed by atoms with Gasteiger partial charge in [-0.05, 0) is 60.1 Å². The van der Waals surface area contributed by atoms with E-state index in [4.69, 9.17) is 10.5 Å². The van der Waals surface area contributed by atoms with Gasteiger partial charge in [-0.3, -0.25) is 4.79 Å². The van der Waals surface area contributed by atoms with E-state index in [9.17, 15) is 4.79 Å². The fourth-order valence-electron chi connectivity index (χ4n) is 1.83. The highest BCUT2D eigenvalue weighted by Crippen LogP contribution is 2.23. The molecule has 6 heteroatoms. The topological polar surface area (TPSA) is 77.2 Å². The third kappa shape index (κ3) is 3.72. The molecule has 0 atom stereocenters. The number of carbonyl (C=O) groups excluding carboxylic acids is 1. The second-order valence-corrected chi connectivity index (χ2v) is 5.22. The molecule has 0 aliphatic rings. The molecule has 1 amide bonds. The first-order valence-corrected chi connectivity index (χ1v) is 7.27. The number of nitrogen functional groups attached to an aromatic ring is 1. The van der Waals surface area contributed by atoms with Crippen molar-refractivity contribution < 1.29 is 9.53 Å². The molecule has 2 rings (SSSR count). The lowest BCUT2D eigenvalue weighted by Gasteiger charge is -2.10. The van der Waals surface area contributed by atoms with Crippen molar-refractivity contribution in [3.05, 3.63) is 46.2 Å². The molecule has 0 spiro atoms. The van der Waals surface area contributed by atoms with Gasteiger partial charge < -0.3 is 15.8 Å². The third-order valence-electron chi connectivity index (χ3n) is 2.87. The van der Waals surface area contributed by atoms with Crippen molar-refractivity contribution in [2.75, 3.05) is 17.7 Å². The molecule has 0 unspecified atom stereocenters. The Kier molecular flexibility index (Phi) is 4.80. The number of pyridine rings is 1. The third-order valence-corrected chi connectivity index (χ3v) is 3.31. The van der Waals surface area contributed by atoms with Crippen molar-refractivity contribution in [2.24, 2.45) is 0 Å². The predicted molar refractivity (Wildman–Crippen MR) is 86.7 cm³/mol. The Morgan fingerprint density at radius 1 is 1.38 bits per heavy atom. The zero-order valence-corrected chi connectivity index (χ0v) is 13.4. The number of rotatable bonds is 4. The van der Waals surface area contributed by atoms with Gasteiger partial charge in [0.25, 0.3) is 5.91 Å². The van der Waals surface area contributed by atoms with E-state index in [0.29, 0.717) is 29.3 Å². The van der Waals surface area contributed by atoms with Crippen LogP contribution in [0.2, 0.25) is 0 Å². The van der Waals surface area contributed by atoms with Crippen molar-refractivity contribution >= 4 is 33.2 Å². The van der Waals surface area contributed by atoms with Crippen LogP contribution in [0.4, 0.5) is 11.4 Å². The van der Waals surface area contributed by atoms with Gasteiger partial charge in [0.1, 0.15) is 10.4 Å². The fourth-order valence-corrected chi connectivity index (χ4v) is 2.23. The molecule has 21 heavy (non-hydrogen) atoms. The van der Waals surface area contributed by atoms with Crippen molar-refractivity contribution in [1.29, 1.82) is 0 Å². The van der Waals surface area contributed by atoms with Crippen LogP contribution in [0.5, 0.6) is 5.75 Å². The van der Waals surface area contributed by atoms with E-state index in [-0.39, 0.29) is 5.91 Å². The van der Waals surface area contributed by atoms with E-state index in [2.05, 4.69) is 26.2 Å². The number of nitrogens with two attached hydrogens (primary N) is 1. The summed E-state index contributed by atoms with van der Waals surface area (Å²) in [6.45, 7) is 4.23. The van der Waals surface area contributed by atoms with Crippen LogP contribution in [0.15, 0.2) is 34.9 Å². The zero-order chi connectivity index (χ0) is 15.4. The maximum atomic E-state index is 12.2. The van der Waals surface area contributed by atoms with Crippen LogP contribution in [-0.2, 0) is 0 Å². The smallest absolute Gasteiger partial charge is 0.255 e. The average molecular weight is 350 g/mol. The zero-order valence-electron chi connectivity index (χ0n) is 11.8. The Bertz CT molecular complexity index is 674. The molecule has 110 valence electrons. The number of nitrogens with zero attached hydrogens (tertiary/aromatic N) is 1. The second kappa shape index (κ2) is 6.58. The summed E-state index contributed by atoms with van der Waals surface area (Å²) in [6.07, 6.45) is 0. The molecule has 1 heterocycles. The molecule has 0 saturated heterocycles. The first-order chi connectivity index (χ1) is 10.0. The van der Waals surface area contributed by atoms with Crippen LogP contribution in [0.3, 0.4) is 0 Å². The van der Waals surface area contributed by atoms with Crippen molar-refractivity contribution in [2.45, 2.75) is 13.8 Å². The summed E-state index contributed by atoms with van der Waals surface area (Å²) in [4.78, 5) is 16.5. The molecule has 0 fully saturated rings. The minimum absolute atomic E-state index is 0.239. The van der Waals surface area contributed by atoms with E-state index in [1.807, 2.05) is 13.8 Å². The number of carbonyl (C=O) groups is 1. The predicted octanol–water partition coefficient (Wildman–Crippen LogP) is 3.39. The van der Waals surface area contributed by atoms with Gasteiger partial charge in [0.2, 0.25) is 0 Å². The number of aromatic nitrogens is 1. The second-order valence-electron chi connectivity index (χ2n) is 4.41. The average Bonchev–Trinajstić information content (AvgIpc) is 2.44. The van der Waals surface area contributed by atoms with Crippen LogP contribution in [0, 0.1) is 6.92 Å². The Morgan fingerprint density at radius 3 is 2.76 bits per heavy atom. The quantitative estimate of drug-likeness (QED) is 0.655. The van der Waals surface area contributed by atoms with Crippen molar-refractivity contribution in [3.8, 4) is 5.75 Å². The van der Waals surface area contributed by atoms with Gasteiger partial charge >= 0.3 is 0 Å². The van der Waals surface area contributed by atoms with Crippen LogP contribution in [0.25, 0.3) is 0 Å². The normalized spacial score (nSPS) is 10.2. The number of halogens is 1. The molecular formula is C15H16BrN3O2. The molecule has 0 bridgehead atoms. The van der Waals surface area contributed by atoms with Crippen LogP contribution < -0.4 is 15.8 Å². The summed E-state index contributed by atoms with van der Waals surface area (Å²) in [6, 6.07) is 8.54. The number of benzene rings is 1. The Labute approximate surface area is 131 Å². The fraction of sp³-hybridized carbons (Fsp3) is 0.200. The number of amides is 1. The van der Waals surface area contributed by atoms with Crippen LogP contribution >= 0.6 is 15.9 Å². The summed E-state index contributed by atoms with van der Waals surface area (Å²) in [7, 11) is 0. The molecule has 3 N–H and O–H groups in total. The maximum Gasteiger partial charge on any atom is 0.255 e. The molecule has 1 aromatic heterocycles. The lowest BCUT2D eigenvalue weighted by atomic mass is 10.1. The Morgan fingerprint density at radius 2 is 2.14 bits per heavy atom. The lowest BCUT2D eigenvalue weighted by Crippen LogP contribution is -2.13. The number of aryl methyl sites for hydroxylation is 1. The summed E-state index contributed by atoms with van der Waals surface area (Å²) in [5, 5.41) is 2.81. The van der Waals surface area contributed by atoms with Crippen LogP contribution in [0.1, 0.15) is 23.0 Å². The molecule has 5 nitrogen and oxygen atoms in total. The van der Waals surface area contributed by atoms with Gasteiger partial charge in [0, 0.05) is 5.56 Å². The molecular weight excluding hydrogens is 334 g/mol. The van der Waals surface area contributed by atoms with Crippen molar-refractivity contribution in [3.63, 3.8) is 0 Å². The summed E-state index contributed by atoms with van der Waals surface area (Å²) in [5.41, 5.74) is 8.17.